The molecule has 3 heterocycles. The minimum atomic E-state index is -3.48. The van der Waals surface area contributed by atoms with Gasteiger partial charge >= 0.3 is 0 Å². The van der Waals surface area contributed by atoms with Crippen LogP contribution in [-0.4, -0.2) is 59.7 Å². The first-order valence-corrected chi connectivity index (χ1v) is 9.47. The highest BCUT2D eigenvalue weighted by molar-refractivity contribution is 7.99. The highest BCUT2D eigenvalue weighted by atomic mass is 32.2. The molecule has 2 aliphatic heterocycles. The van der Waals surface area contributed by atoms with E-state index < -0.39 is 10.0 Å². The molecule has 0 bridgehead atoms. The molecule has 20 heavy (non-hydrogen) atoms. The number of nitrogens with one attached hydrogen (secondary N) is 1. The summed E-state index contributed by atoms with van der Waals surface area (Å²) in [5.74, 6) is 1.89. The Morgan fingerprint density at radius 2 is 2.40 bits per heavy atom. The van der Waals surface area contributed by atoms with Gasteiger partial charge in [-0.2, -0.15) is 21.2 Å². The molecule has 0 radical (unpaired) electrons. The van der Waals surface area contributed by atoms with Crippen LogP contribution in [0.25, 0.3) is 0 Å². The number of rotatable bonds is 5. The maximum Gasteiger partial charge on any atom is 0.246 e. The van der Waals surface area contributed by atoms with Gasteiger partial charge in [-0.05, 0) is 25.0 Å². The van der Waals surface area contributed by atoms with Crippen LogP contribution in [0.15, 0.2) is 17.3 Å². The Kier molecular flexibility index (Phi) is 4.34. The van der Waals surface area contributed by atoms with Crippen molar-refractivity contribution in [3.8, 4) is 0 Å². The van der Waals surface area contributed by atoms with Crippen LogP contribution in [0.1, 0.15) is 19.3 Å². The van der Waals surface area contributed by atoms with Gasteiger partial charge in [-0.15, -0.1) is 0 Å². The van der Waals surface area contributed by atoms with E-state index in [0.29, 0.717) is 6.54 Å². The second-order valence-corrected chi connectivity index (χ2v) is 8.20. The number of ether oxygens (including phenoxy) is 1. The molecule has 1 aromatic heterocycles. The molecule has 1 N–H and O–H groups in total. The van der Waals surface area contributed by atoms with Crippen LogP contribution in [0.5, 0.6) is 0 Å². The molecule has 0 aliphatic carbocycles. The summed E-state index contributed by atoms with van der Waals surface area (Å²) in [6.07, 6.45) is 5.72. The van der Waals surface area contributed by atoms with Crippen LogP contribution >= 0.6 is 11.8 Å². The van der Waals surface area contributed by atoms with Gasteiger partial charge in [0.2, 0.25) is 10.0 Å². The summed E-state index contributed by atoms with van der Waals surface area (Å²) in [5, 5.41) is 6.34. The smallest absolute Gasteiger partial charge is 0.246 e. The quantitative estimate of drug-likeness (QED) is 0.880. The zero-order valence-corrected chi connectivity index (χ0v) is 12.8. The topological polar surface area (TPSA) is 75.3 Å². The lowest BCUT2D eigenvalue weighted by Gasteiger charge is -2.29. The van der Waals surface area contributed by atoms with Crippen molar-refractivity contribution < 1.29 is 13.2 Å². The first kappa shape index (κ1) is 14.4. The number of sulfonamides is 1. The fourth-order valence-electron chi connectivity index (χ4n) is 2.70. The van der Waals surface area contributed by atoms with Crippen LogP contribution < -0.4 is 0 Å². The minimum absolute atomic E-state index is 0.0299. The van der Waals surface area contributed by atoms with Crippen molar-refractivity contribution in [1.82, 2.24) is 14.5 Å². The predicted octanol–water partition coefficient (Wildman–Crippen LogP) is 1.08. The molecule has 8 heteroatoms. The molecular weight excluding hydrogens is 298 g/mol. The van der Waals surface area contributed by atoms with E-state index in [0.717, 1.165) is 37.4 Å². The molecule has 0 aromatic carbocycles. The number of aromatic nitrogens is 2. The normalized spacial score (nSPS) is 27.4. The molecule has 2 saturated heterocycles. The molecule has 3 rings (SSSR count). The first-order valence-electron chi connectivity index (χ1n) is 6.88. The van der Waals surface area contributed by atoms with Gasteiger partial charge in [-0.3, -0.25) is 5.10 Å². The van der Waals surface area contributed by atoms with Gasteiger partial charge in [0.15, 0.2) is 0 Å². The molecule has 2 aliphatic rings. The van der Waals surface area contributed by atoms with Gasteiger partial charge in [0.05, 0.1) is 12.3 Å². The maximum atomic E-state index is 12.8. The minimum Gasteiger partial charge on any atom is -0.377 e. The van der Waals surface area contributed by atoms with Gasteiger partial charge < -0.3 is 4.74 Å². The van der Waals surface area contributed by atoms with Gasteiger partial charge in [0.25, 0.3) is 0 Å². The Labute approximate surface area is 123 Å². The molecule has 112 valence electrons. The van der Waals surface area contributed by atoms with Crippen LogP contribution in [0.2, 0.25) is 0 Å². The van der Waals surface area contributed by atoms with E-state index in [1.807, 2.05) is 11.8 Å². The lowest BCUT2D eigenvalue weighted by atomic mass is 10.2. The summed E-state index contributed by atoms with van der Waals surface area (Å²) in [6.45, 7) is 1.20. The van der Waals surface area contributed by atoms with Crippen molar-refractivity contribution in [2.24, 2.45) is 0 Å². The SMILES string of the molecule is O=S(=O)(c1cn[nH]c1)N(CC1CCCO1)C1CCSC1. The van der Waals surface area contributed by atoms with Crippen molar-refractivity contribution in [3.05, 3.63) is 12.4 Å². The molecule has 2 fully saturated rings. The van der Waals surface area contributed by atoms with Gasteiger partial charge in [-0.25, -0.2) is 8.42 Å². The van der Waals surface area contributed by atoms with Crippen molar-refractivity contribution in [1.29, 1.82) is 0 Å². The average Bonchev–Trinajstić information content (AvgIpc) is 3.16. The summed E-state index contributed by atoms with van der Waals surface area (Å²) >= 11 is 1.81. The summed E-state index contributed by atoms with van der Waals surface area (Å²) in [4.78, 5) is 0.243. The van der Waals surface area contributed by atoms with Crippen molar-refractivity contribution >= 4 is 21.8 Å². The molecular formula is C12H19N3O3S2. The first-order chi connectivity index (χ1) is 9.68. The van der Waals surface area contributed by atoms with Gasteiger partial charge in [-0.1, -0.05) is 0 Å². The fourth-order valence-corrected chi connectivity index (χ4v) is 5.61. The van der Waals surface area contributed by atoms with Gasteiger partial charge in [0, 0.05) is 31.1 Å². The number of thioether (sulfide) groups is 1. The molecule has 2 unspecified atom stereocenters. The van der Waals surface area contributed by atoms with Crippen molar-refractivity contribution in [2.75, 3.05) is 24.7 Å². The van der Waals surface area contributed by atoms with E-state index >= 15 is 0 Å². The summed E-state index contributed by atoms with van der Waals surface area (Å²) in [7, 11) is -3.48. The lowest BCUT2D eigenvalue weighted by Crippen LogP contribution is -2.44. The number of H-pyrrole nitrogens is 1. The average molecular weight is 317 g/mol. The summed E-state index contributed by atoms with van der Waals surface area (Å²) in [5.41, 5.74) is 0. The second kappa shape index (κ2) is 6.05. The standard InChI is InChI=1S/C12H19N3O3S2/c16-20(17,12-6-13-14-7-12)15(10-3-5-19-9-10)8-11-2-1-4-18-11/h6-7,10-11H,1-5,8-9H2,(H,13,14). The highest BCUT2D eigenvalue weighted by Gasteiger charge is 2.36. The lowest BCUT2D eigenvalue weighted by molar-refractivity contribution is 0.0877. The number of hydrogen-bond acceptors (Lipinski definition) is 5. The molecule has 0 spiro atoms. The van der Waals surface area contributed by atoms with Crippen molar-refractivity contribution in [3.63, 3.8) is 0 Å². The molecule has 2 atom stereocenters. The Morgan fingerprint density at radius 3 is 3.00 bits per heavy atom. The second-order valence-electron chi connectivity index (χ2n) is 5.16. The van der Waals surface area contributed by atoms with E-state index in [1.54, 1.807) is 4.31 Å². The monoisotopic (exact) mass is 317 g/mol. The van der Waals surface area contributed by atoms with Crippen LogP contribution in [0.4, 0.5) is 0 Å². The van der Waals surface area contributed by atoms with E-state index in [4.69, 9.17) is 4.74 Å². The zero-order valence-electron chi connectivity index (χ0n) is 11.2. The Bertz CT molecular complexity index is 520. The van der Waals surface area contributed by atoms with Crippen LogP contribution in [0, 0.1) is 0 Å². The Balaban J connectivity index is 1.84. The van der Waals surface area contributed by atoms with E-state index in [-0.39, 0.29) is 17.0 Å². The number of nitrogens with zero attached hydrogens (tertiary/aromatic N) is 2. The third-order valence-electron chi connectivity index (χ3n) is 3.80. The highest BCUT2D eigenvalue weighted by Crippen LogP contribution is 2.29. The predicted molar refractivity (Wildman–Crippen MR) is 77.2 cm³/mol. The van der Waals surface area contributed by atoms with E-state index in [1.165, 1.54) is 12.4 Å². The van der Waals surface area contributed by atoms with Crippen molar-refractivity contribution in [2.45, 2.75) is 36.3 Å². The third kappa shape index (κ3) is 2.88. The summed E-state index contributed by atoms with van der Waals surface area (Å²) < 4.78 is 32.8. The van der Waals surface area contributed by atoms with E-state index in [2.05, 4.69) is 10.2 Å². The zero-order chi connectivity index (χ0) is 14.0. The molecule has 6 nitrogen and oxygen atoms in total. The molecule has 0 saturated carbocycles. The van der Waals surface area contributed by atoms with Gasteiger partial charge in [0.1, 0.15) is 4.90 Å². The van der Waals surface area contributed by atoms with E-state index in [9.17, 15) is 8.42 Å². The van der Waals surface area contributed by atoms with Crippen LogP contribution in [-0.2, 0) is 14.8 Å². The molecule has 0 amide bonds. The number of hydrogen-bond donors (Lipinski definition) is 1. The number of aromatic amines is 1. The van der Waals surface area contributed by atoms with Crippen LogP contribution in [0.3, 0.4) is 0 Å². The maximum absolute atomic E-state index is 12.8. The largest absolute Gasteiger partial charge is 0.377 e. The Hall–Kier alpha value is -0.570. The third-order valence-corrected chi connectivity index (χ3v) is 6.83. The Morgan fingerprint density at radius 1 is 1.50 bits per heavy atom. The summed E-state index contributed by atoms with van der Waals surface area (Å²) in [6, 6.07) is 0.0732. The molecule has 1 aromatic rings. The fraction of sp³-hybridized carbons (Fsp3) is 0.750.